The molecular formula is C12H11ClN4O2. The van der Waals surface area contributed by atoms with E-state index in [0.717, 1.165) is 0 Å². The van der Waals surface area contributed by atoms with E-state index in [1.54, 1.807) is 24.3 Å². The maximum Gasteiger partial charge on any atom is 0.251 e. The summed E-state index contributed by atoms with van der Waals surface area (Å²) in [4.78, 5) is 22.6. The number of primary amides is 1. The zero-order valence-electron chi connectivity index (χ0n) is 9.84. The van der Waals surface area contributed by atoms with Crippen LogP contribution in [0.2, 0.25) is 5.02 Å². The van der Waals surface area contributed by atoms with Crippen LogP contribution in [0.4, 0.5) is 5.69 Å². The molecule has 0 atom stereocenters. The summed E-state index contributed by atoms with van der Waals surface area (Å²) >= 11 is 5.74. The van der Waals surface area contributed by atoms with E-state index in [1.807, 2.05) is 0 Å². The summed E-state index contributed by atoms with van der Waals surface area (Å²) in [5.41, 5.74) is 5.99. The quantitative estimate of drug-likeness (QED) is 0.882. The molecule has 0 fully saturated rings. The second-order valence-corrected chi connectivity index (χ2v) is 4.28. The monoisotopic (exact) mass is 278 g/mol. The fourth-order valence-electron chi connectivity index (χ4n) is 1.46. The molecule has 3 N–H and O–H groups in total. The molecule has 0 bridgehead atoms. The first kappa shape index (κ1) is 13.1. The number of nitrogens with two attached hydrogens (primary N) is 1. The number of amides is 2. The van der Waals surface area contributed by atoms with E-state index in [1.165, 1.54) is 17.1 Å². The number of aromatic nitrogens is 2. The number of halogens is 1. The molecule has 0 radical (unpaired) electrons. The van der Waals surface area contributed by atoms with Crippen LogP contribution < -0.4 is 11.1 Å². The van der Waals surface area contributed by atoms with Gasteiger partial charge in [0.2, 0.25) is 5.91 Å². The molecule has 0 unspecified atom stereocenters. The van der Waals surface area contributed by atoms with Gasteiger partial charge >= 0.3 is 0 Å². The summed E-state index contributed by atoms with van der Waals surface area (Å²) < 4.78 is 1.34. The van der Waals surface area contributed by atoms with Crippen LogP contribution in [0.1, 0.15) is 10.4 Å². The first-order valence-electron chi connectivity index (χ1n) is 5.42. The highest BCUT2D eigenvalue weighted by Crippen LogP contribution is 2.13. The minimum absolute atomic E-state index is 0.00406. The number of hydrogen-bond donors (Lipinski definition) is 2. The number of rotatable bonds is 4. The van der Waals surface area contributed by atoms with Crippen LogP contribution in [0.3, 0.4) is 0 Å². The van der Waals surface area contributed by atoms with E-state index in [9.17, 15) is 9.59 Å². The van der Waals surface area contributed by atoms with Crippen LogP contribution in [0, 0.1) is 0 Å². The molecular weight excluding hydrogens is 268 g/mol. The summed E-state index contributed by atoms with van der Waals surface area (Å²) in [5, 5.41) is 7.14. The lowest BCUT2D eigenvalue weighted by molar-refractivity contribution is -0.116. The molecule has 1 heterocycles. The van der Waals surface area contributed by atoms with E-state index in [2.05, 4.69) is 10.4 Å². The van der Waals surface area contributed by atoms with Gasteiger partial charge in [-0.15, -0.1) is 0 Å². The van der Waals surface area contributed by atoms with Gasteiger partial charge in [0.1, 0.15) is 6.54 Å². The van der Waals surface area contributed by atoms with E-state index < -0.39 is 5.91 Å². The maximum atomic E-state index is 11.7. The third-order valence-electron chi connectivity index (χ3n) is 2.35. The highest BCUT2D eigenvalue weighted by molar-refractivity contribution is 6.30. The lowest BCUT2D eigenvalue weighted by atomic mass is 10.3. The third kappa shape index (κ3) is 3.56. The van der Waals surface area contributed by atoms with Crippen LogP contribution in [-0.4, -0.2) is 21.6 Å². The molecule has 98 valence electrons. The van der Waals surface area contributed by atoms with E-state index in [0.29, 0.717) is 10.7 Å². The van der Waals surface area contributed by atoms with Gasteiger partial charge < -0.3 is 11.1 Å². The van der Waals surface area contributed by atoms with Gasteiger partial charge in [0.15, 0.2) is 0 Å². The van der Waals surface area contributed by atoms with Gasteiger partial charge in [0.25, 0.3) is 5.91 Å². The van der Waals surface area contributed by atoms with Crippen molar-refractivity contribution < 1.29 is 9.59 Å². The standard InChI is InChI=1S/C12H11ClN4O2/c13-9-1-3-10(4-2-9)16-11(18)7-17-6-8(5-15-17)12(14)19/h1-6H,7H2,(H2,14,19)(H,16,18). The SMILES string of the molecule is NC(=O)c1cnn(CC(=O)Nc2ccc(Cl)cc2)c1. The van der Waals surface area contributed by atoms with Crippen molar-refractivity contribution in [3.8, 4) is 0 Å². The molecule has 2 amide bonds. The van der Waals surface area contributed by atoms with Gasteiger partial charge in [-0.3, -0.25) is 14.3 Å². The van der Waals surface area contributed by atoms with Crippen molar-refractivity contribution in [2.45, 2.75) is 6.54 Å². The Labute approximate surface area is 114 Å². The number of carbonyl (C=O) groups is 2. The summed E-state index contributed by atoms with van der Waals surface area (Å²) in [7, 11) is 0. The van der Waals surface area contributed by atoms with Gasteiger partial charge in [0, 0.05) is 16.9 Å². The molecule has 2 aromatic rings. The second-order valence-electron chi connectivity index (χ2n) is 3.85. The molecule has 0 saturated carbocycles. The Morgan fingerprint density at radius 2 is 2.00 bits per heavy atom. The number of nitrogens with zero attached hydrogens (tertiary/aromatic N) is 2. The van der Waals surface area contributed by atoms with Gasteiger partial charge in [-0.1, -0.05) is 11.6 Å². The fourth-order valence-corrected chi connectivity index (χ4v) is 1.58. The fraction of sp³-hybridized carbons (Fsp3) is 0.0833. The Hall–Kier alpha value is -2.34. The van der Waals surface area contributed by atoms with E-state index >= 15 is 0 Å². The summed E-state index contributed by atoms with van der Waals surface area (Å²) in [6.45, 7) is -0.00406. The molecule has 1 aromatic heterocycles. The van der Waals surface area contributed by atoms with Gasteiger partial charge in [-0.05, 0) is 24.3 Å². The third-order valence-corrected chi connectivity index (χ3v) is 2.60. The lowest BCUT2D eigenvalue weighted by Crippen LogP contribution is -2.19. The Kier molecular flexibility index (Phi) is 3.82. The second kappa shape index (κ2) is 5.53. The average Bonchev–Trinajstić information content (AvgIpc) is 2.80. The van der Waals surface area contributed by atoms with E-state index in [-0.39, 0.29) is 18.0 Å². The van der Waals surface area contributed by atoms with Crippen molar-refractivity contribution in [3.63, 3.8) is 0 Å². The molecule has 0 aliphatic carbocycles. The van der Waals surface area contributed by atoms with Gasteiger partial charge in [0.05, 0.1) is 11.8 Å². The number of benzene rings is 1. The first-order valence-corrected chi connectivity index (χ1v) is 5.80. The molecule has 19 heavy (non-hydrogen) atoms. The number of nitrogens with one attached hydrogen (secondary N) is 1. The van der Waals surface area contributed by atoms with Crippen molar-refractivity contribution in [2.24, 2.45) is 5.73 Å². The van der Waals surface area contributed by atoms with Crippen molar-refractivity contribution in [3.05, 3.63) is 47.2 Å². The highest BCUT2D eigenvalue weighted by atomic mass is 35.5. The number of anilines is 1. The summed E-state index contributed by atoms with van der Waals surface area (Å²) in [5.74, 6) is -0.842. The zero-order valence-corrected chi connectivity index (χ0v) is 10.6. The van der Waals surface area contributed by atoms with Crippen molar-refractivity contribution in [1.82, 2.24) is 9.78 Å². The molecule has 1 aromatic carbocycles. The number of carbonyl (C=O) groups excluding carboxylic acids is 2. The maximum absolute atomic E-state index is 11.7. The zero-order chi connectivity index (χ0) is 13.8. The highest BCUT2D eigenvalue weighted by Gasteiger charge is 2.07. The topological polar surface area (TPSA) is 90.0 Å². The Balaban J connectivity index is 1.97. The minimum Gasteiger partial charge on any atom is -0.366 e. The largest absolute Gasteiger partial charge is 0.366 e. The Morgan fingerprint density at radius 3 is 2.58 bits per heavy atom. The molecule has 2 rings (SSSR count). The lowest BCUT2D eigenvalue weighted by Gasteiger charge is -2.05. The Morgan fingerprint density at radius 1 is 1.32 bits per heavy atom. The van der Waals surface area contributed by atoms with Gasteiger partial charge in [-0.2, -0.15) is 5.10 Å². The van der Waals surface area contributed by atoms with Crippen molar-refractivity contribution >= 4 is 29.1 Å². The predicted octanol–water partition coefficient (Wildman–Crippen LogP) is 1.27. The summed E-state index contributed by atoms with van der Waals surface area (Å²) in [6.07, 6.45) is 2.74. The van der Waals surface area contributed by atoms with Crippen LogP contribution in [-0.2, 0) is 11.3 Å². The van der Waals surface area contributed by atoms with Crippen LogP contribution in [0.5, 0.6) is 0 Å². The van der Waals surface area contributed by atoms with Crippen LogP contribution >= 0.6 is 11.6 Å². The van der Waals surface area contributed by atoms with Crippen molar-refractivity contribution in [1.29, 1.82) is 0 Å². The van der Waals surface area contributed by atoms with Gasteiger partial charge in [-0.25, -0.2) is 0 Å². The van der Waals surface area contributed by atoms with Crippen LogP contribution in [0.25, 0.3) is 0 Å². The molecule has 6 nitrogen and oxygen atoms in total. The Bertz CT molecular complexity index is 606. The predicted molar refractivity (Wildman–Crippen MR) is 70.8 cm³/mol. The molecule has 0 aliphatic rings. The molecule has 0 aliphatic heterocycles. The normalized spacial score (nSPS) is 10.2. The number of hydrogen-bond acceptors (Lipinski definition) is 3. The van der Waals surface area contributed by atoms with Crippen molar-refractivity contribution in [2.75, 3.05) is 5.32 Å². The summed E-state index contributed by atoms with van der Waals surface area (Å²) in [6, 6.07) is 6.74. The first-order chi connectivity index (χ1) is 9.04. The van der Waals surface area contributed by atoms with E-state index in [4.69, 9.17) is 17.3 Å². The average molecular weight is 279 g/mol. The smallest absolute Gasteiger partial charge is 0.251 e. The minimum atomic E-state index is -0.579. The molecule has 0 saturated heterocycles. The molecule has 0 spiro atoms. The van der Waals surface area contributed by atoms with Crippen LogP contribution in [0.15, 0.2) is 36.7 Å². The molecule has 7 heteroatoms.